The van der Waals surface area contributed by atoms with Gasteiger partial charge in [-0.3, -0.25) is 4.79 Å². The summed E-state index contributed by atoms with van der Waals surface area (Å²) < 4.78 is 0. The highest BCUT2D eigenvalue weighted by Crippen LogP contribution is 2.58. The lowest BCUT2D eigenvalue weighted by atomic mass is 9.91. The van der Waals surface area contributed by atoms with Gasteiger partial charge >= 0.3 is 0 Å². The fourth-order valence-electron chi connectivity index (χ4n) is 2.70. The van der Waals surface area contributed by atoms with Gasteiger partial charge in [-0.25, -0.2) is 0 Å². The van der Waals surface area contributed by atoms with Gasteiger partial charge in [0.25, 0.3) is 0 Å². The number of hydrogen-bond acceptors (Lipinski definition) is 2. The van der Waals surface area contributed by atoms with Crippen LogP contribution in [0.5, 0.6) is 0 Å². The van der Waals surface area contributed by atoms with E-state index in [1.807, 2.05) is 0 Å². The van der Waals surface area contributed by atoms with Gasteiger partial charge in [-0.2, -0.15) is 0 Å². The summed E-state index contributed by atoms with van der Waals surface area (Å²) in [4.78, 5) is 12.1. The summed E-state index contributed by atoms with van der Waals surface area (Å²) in [5.74, 6) is 0.578. The maximum atomic E-state index is 12.1. The van der Waals surface area contributed by atoms with Gasteiger partial charge in [0.1, 0.15) is 0 Å². The van der Waals surface area contributed by atoms with E-state index in [1.54, 1.807) is 0 Å². The van der Waals surface area contributed by atoms with Gasteiger partial charge in [0.2, 0.25) is 5.91 Å². The van der Waals surface area contributed by atoms with Gasteiger partial charge in [0.15, 0.2) is 0 Å². The number of nitrogens with one attached hydrogen (secondary N) is 2. The molecule has 0 aromatic carbocycles. The first-order chi connectivity index (χ1) is 7.49. The molecule has 2 rings (SSSR count). The van der Waals surface area contributed by atoms with Crippen molar-refractivity contribution in [2.45, 2.75) is 52.0 Å². The largest absolute Gasteiger partial charge is 0.351 e. The van der Waals surface area contributed by atoms with Crippen LogP contribution in [0, 0.1) is 11.3 Å². The topological polar surface area (TPSA) is 41.1 Å². The highest BCUT2D eigenvalue weighted by molar-refractivity contribution is 5.85. The molecular formula is C13H25ClN2O. The van der Waals surface area contributed by atoms with Crippen molar-refractivity contribution in [1.29, 1.82) is 0 Å². The van der Waals surface area contributed by atoms with Gasteiger partial charge in [-0.05, 0) is 58.0 Å². The molecule has 4 heteroatoms. The van der Waals surface area contributed by atoms with Crippen molar-refractivity contribution < 1.29 is 4.79 Å². The molecule has 0 bridgehead atoms. The molecule has 1 saturated carbocycles. The summed E-state index contributed by atoms with van der Waals surface area (Å²) in [5, 5.41) is 6.55. The summed E-state index contributed by atoms with van der Waals surface area (Å²) in [6, 6.07) is 0. The van der Waals surface area contributed by atoms with Crippen LogP contribution >= 0.6 is 12.4 Å². The molecule has 1 amide bonds. The lowest BCUT2D eigenvalue weighted by Crippen LogP contribution is -2.44. The second-order valence-electron chi connectivity index (χ2n) is 6.10. The molecule has 2 aliphatic rings. The van der Waals surface area contributed by atoms with E-state index >= 15 is 0 Å². The highest BCUT2D eigenvalue weighted by Gasteiger charge is 2.57. The first-order valence-electron chi connectivity index (χ1n) is 6.52. The Hall–Kier alpha value is -0.280. The standard InChI is InChI=1S/C13H24N2O.ClH/c1-4-12(2,3)15-11(16)10-9-13(10)5-7-14-8-6-13;/h10,14H,4-9H2,1-3H3,(H,15,16);1H. The van der Waals surface area contributed by atoms with Crippen LogP contribution in [0.3, 0.4) is 0 Å². The third-order valence-corrected chi connectivity index (χ3v) is 4.45. The number of piperidine rings is 1. The predicted molar refractivity (Wildman–Crippen MR) is 72.4 cm³/mol. The van der Waals surface area contributed by atoms with Crippen LogP contribution in [0.25, 0.3) is 0 Å². The molecule has 1 aliphatic heterocycles. The molecular weight excluding hydrogens is 236 g/mol. The fourth-order valence-corrected chi connectivity index (χ4v) is 2.70. The number of hydrogen-bond donors (Lipinski definition) is 2. The third kappa shape index (κ3) is 3.14. The lowest BCUT2D eigenvalue weighted by molar-refractivity contribution is -0.124. The minimum absolute atomic E-state index is 0. The molecule has 100 valence electrons. The average Bonchev–Trinajstić information content (AvgIpc) is 2.93. The Balaban J connectivity index is 0.00000144. The van der Waals surface area contributed by atoms with Crippen molar-refractivity contribution in [3.8, 4) is 0 Å². The number of carbonyl (C=O) groups is 1. The van der Waals surface area contributed by atoms with E-state index in [9.17, 15) is 4.79 Å². The van der Waals surface area contributed by atoms with Crippen LogP contribution in [0.4, 0.5) is 0 Å². The minimum Gasteiger partial charge on any atom is -0.351 e. The molecule has 1 unspecified atom stereocenters. The Morgan fingerprint density at radius 1 is 1.41 bits per heavy atom. The van der Waals surface area contributed by atoms with Crippen LogP contribution in [-0.4, -0.2) is 24.5 Å². The molecule has 17 heavy (non-hydrogen) atoms. The van der Waals surface area contributed by atoms with Crippen molar-refractivity contribution in [3.05, 3.63) is 0 Å². The SMILES string of the molecule is CCC(C)(C)NC(=O)C1CC12CCNCC2.Cl. The number of halogens is 1. The first kappa shape index (κ1) is 14.8. The lowest BCUT2D eigenvalue weighted by Gasteiger charge is -2.27. The van der Waals surface area contributed by atoms with Gasteiger partial charge in [0, 0.05) is 11.5 Å². The quantitative estimate of drug-likeness (QED) is 0.816. The second kappa shape index (κ2) is 5.15. The van der Waals surface area contributed by atoms with E-state index in [0.29, 0.717) is 11.3 Å². The minimum atomic E-state index is -0.0478. The van der Waals surface area contributed by atoms with Crippen molar-refractivity contribution in [2.24, 2.45) is 11.3 Å². The molecule has 2 fully saturated rings. The Morgan fingerprint density at radius 3 is 2.53 bits per heavy atom. The Bertz CT molecular complexity index is 285. The van der Waals surface area contributed by atoms with Crippen LogP contribution in [0.2, 0.25) is 0 Å². The van der Waals surface area contributed by atoms with Crippen LogP contribution in [-0.2, 0) is 4.79 Å². The maximum absolute atomic E-state index is 12.1. The highest BCUT2D eigenvalue weighted by atomic mass is 35.5. The van der Waals surface area contributed by atoms with Gasteiger partial charge in [0.05, 0.1) is 0 Å². The molecule has 2 N–H and O–H groups in total. The molecule has 3 nitrogen and oxygen atoms in total. The maximum Gasteiger partial charge on any atom is 0.224 e. The number of amides is 1. The summed E-state index contributed by atoms with van der Waals surface area (Å²) in [7, 11) is 0. The fraction of sp³-hybridized carbons (Fsp3) is 0.923. The van der Waals surface area contributed by atoms with Crippen molar-refractivity contribution >= 4 is 18.3 Å². The zero-order valence-electron chi connectivity index (χ0n) is 11.1. The molecule has 0 radical (unpaired) electrons. The predicted octanol–water partition coefficient (Wildman–Crippen LogP) is 2.10. The van der Waals surface area contributed by atoms with E-state index in [-0.39, 0.29) is 23.9 Å². The Morgan fingerprint density at radius 2 is 2.00 bits per heavy atom. The van der Waals surface area contributed by atoms with E-state index in [2.05, 4.69) is 31.4 Å². The van der Waals surface area contributed by atoms with Crippen LogP contribution < -0.4 is 10.6 Å². The van der Waals surface area contributed by atoms with E-state index < -0.39 is 0 Å². The zero-order chi connectivity index (χ0) is 11.8. The molecule has 1 aliphatic carbocycles. The molecule has 0 aromatic rings. The normalized spacial score (nSPS) is 26.2. The third-order valence-electron chi connectivity index (χ3n) is 4.45. The molecule has 0 aromatic heterocycles. The summed E-state index contributed by atoms with van der Waals surface area (Å²) in [6.07, 6.45) is 4.45. The molecule has 1 atom stereocenters. The van der Waals surface area contributed by atoms with Gasteiger partial charge in [-0.15, -0.1) is 12.4 Å². The van der Waals surface area contributed by atoms with Gasteiger partial charge < -0.3 is 10.6 Å². The second-order valence-corrected chi connectivity index (χ2v) is 6.10. The molecule has 1 spiro atoms. The Kier molecular flexibility index (Phi) is 4.48. The molecule has 1 heterocycles. The first-order valence-corrected chi connectivity index (χ1v) is 6.52. The number of rotatable bonds is 3. The van der Waals surface area contributed by atoms with Crippen molar-refractivity contribution in [2.75, 3.05) is 13.1 Å². The van der Waals surface area contributed by atoms with Crippen molar-refractivity contribution in [3.63, 3.8) is 0 Å². The zero-order valence-corrected chi connectivity index (χ0v) is 12.0. The summed E-state index contributed by atoms with van der Waals surface area (Å²) >= 11 is 0. The molecule has 1 saturated heterocycles. The van der Waals surface area contributed by atoms with E-state index in [4.69, 9.17) is 0 Å². The van der Waals surface area contributed by atoms with E-state index in [0.717, 1.165) is 25.9 Å². The number of carbonyl (C=O) groups excluding carboxylic acids is 1. The smallest absolute Gasteiger partial charge is 0.224 e. The van der Waals surface area contributed by atoms with E-state index in [1.165, 1.54) is 12.8 Å². The van der Waals surface area contributed by atoms with Gasteiger partial charge in [-0.1, -0.05) is 6.92 Å². The average molecular weight is 261 g/mol. The van der Waals surface area contributed by atoms with Crippen LogP contribution in [0.1, 0.15) is 46.5 Å². The van der Waals surface area contributed by atoms with Crippen LogP contribution in [0.15, 0.2) is 0 Å². The monoisotopic (exact) mass is 260 g/mol. The summed E-state index contributed by atoms with van der Waals surface area (Å²) in [6.45, 7) is 8.49. The summed E-state index contributed by atoms with van der Waals surface area (Å²) in [5.41, 5.74) is 0.312. The Labute approximate surface area is 111 Å². The van der Waals surface area contributed by atoms with Crippen molar-refractivity contribution in [1.82, 2.24) is 10.6 Å².